The van der Waals surface area contributed by atoms with Crippen LogP contribution in [0.3, 0.4) is 0 Å². The Hall–Kier alpha value is -2.63. The van der Waals surface area contributed by atoms with Gasteiger partial charge in [-0.05, 0) is 19.9 Å². The van der Waals surface area contributed by atoms with Gasteiger partial charge in [0.2, 0.25) is 5.95 Å². The highest BCUT2D eigenvalue weighted by molar-refractivity contribution is 5.98. The standard InChI is InChI=1S/C16H20N6/c1-5-21(3)16-18-13(11-8-6-7-10(2)9-11)12-14(17)22(4)20-15(12)19-16/h6-9H,5,17H2,1-4H3. The van der Waals surface area contributed by atoms with Gasteiger partial charge >= 0.3 is 0 Å². The van der Waals surface area contributed by atoms with Crippen molar-refractivity contribution in [3.05, 3.63) is 29.8 Å². The molecule has 0 radical (unpaired) electrons. The first-order chi connectivity index (χ1) is 10.5. The molecular formula is C16H20N6. The predicted molar refractivity (Wildman–Crippen MR) is 89.8 cm³/mol. The van der Waals surface area contributed by atoms with Gasteiger partial charge in [0.05, 0.1) is 11.1 Å². The number of aryl methyl sites for hydroxylation is 2. The summed E-state index contributed by atoms with van der Waals surface area (Å²) in [6.07, 6.45) is 0. The largest absolute Gasteiger partial charge is 0.383 e. The Kier molecular flexibility index (Phi) is 3.44. The van der Waals surface area contributed by atoms with Gasteiger partial charge in [-0.15, -0.1) is 0 Å². The molecule has 2 N–H and O–H groups in total. The highest BCUT2D eigenvalue weighted by atomic mass is 15.3. The van der Waals surface area contributed by atoms with E-state index in [0.29, 0.717) is 17.4 Å². The minimum Gasteiger partial charge on any atom is -0.383 e. The highest BCUT2D eigenvalue weighted by Crippen LogP contribution is 2.31. The molecule has 22 heavy (non-hydrogen) atoms. The maximum absolute atomic E-state index is 6.18. The predicted octanol–water partition coefficient (Wildman–Crippen LogP) is 2.38. The fraction of sp³-hybridized carbons (Fsp3) is 0.312. The second-order valence-corrected chi connectivity index (χ2v) is 5.46. The van der Waals surface area contributed by atoms with E-state index in [0.717, 1.165) is 23.2 Å². The maximum atomic E-state index is 6.18. The molecule has 0 fully saturated rings. The van der Waals surface area contributed by atoms with Crippen molar-refractivity contribution >= 4 is 22.8 Å². The van der Waals surface area contributed by atoms with Crippen molar-refractivity contribution in [2.45, 2.75) is 13.8 Å². The van der Waals surface area contributed by atoms with Crippen molar-refractivity contribution < 1.29 is 0 Å². The van der Waals surface area contributed by atoms with Crippen molar-refractivity contribution in [3.8, 4) is 11.3 Å². The van der Waals surface area contributed by atoms with Gasteiger partial charge in [0.1, 0.15) is 5.82 Å². The Balaban J connectivity index is 2.34. The highest BCUT2D eigenvalue weighted by Gasteiger charge is 2.18. The van der Waals surface area contributed by atoms with Crippen LogP contribution in [-0.2, 0) is 7.05 Å². The number of rotatable bonds is 3. The first kappa shape index (κ1) is 14.3. The van der Waals surface area contributed by atoms with Crippen LogP contribution in [0.1, 0.15) is 12.5 Å². The number of nitrogens with two attached hydrogens (primary N) is 1. The van der Waals surface area contributed by atoms with E-state index in [1.807, 2.05) is 31.1 Å². The number of anilines is 2. The number of hydrogen-bond donors (Lipinski definition) is 1. The Bertz CT molecular complexity index is 836. The summed E-state index contributed by atoms with van der Waals surface area (Å²) >= 11 is 0. The molecule has 0 aliphatic rings. The minimum absolute atomic E-state index is 0.581. The van der Waals surface area contributed by atoms with Crippen LogP contribution in [0.2, 0.25) is 0 Å². The van der Waals surface area contributed by atoms with Gasteiger partial charge in [-0.3, -0.25) is 4.68 Å². The van der Waals surface area contributed by atoms with E-state index >= 15 is 0 Å². The third kappa shape index (κ3) is 2.26. The van der Waals surface area contributed by atoms with E-state index in [2.05, 4.69) is 36.1 Å². The zero-order valence-electron chi connectivity index (χ0n) is 13.3. The van der Waals surface area contributed by atoms with Crippen LogP contribution in [0.15, 0.2) is 24.3 Å². The molecule has 0 spiro atoms. The second-order valence-electron chi connectivity index (χ2n) is 5.46. The van der Waals surface area contributed by atoms with Gasteiger partial charge in [0, 0.05) is 26.2 Å². The van der Waals surface area contributed by atoms with Crippen molar-refractivity contribution in [1.29, 1.82) is 0 Å². The first-order valence-corrected chi connectivity index (χ1v) is 7.29. The molecule has 2 heterocycles. The molecule has 0 atom stereocenters. The van der Waals surface area contributed by atoms with Crippen LogP contribution < -0.4 is 10.6 Å². The summed E-state index contributed by atoms with van der Waals surface area (Å²) in [4.78, 5) is 11.3. The summed E-state index contributed by atoms with van der Waals surface area (Å²) in [5.74, 6) is 1.24. The molecule has 0 aliphatic heterocycles. The SMILES string of the molecule is CCN(C)c1nc(-c2cccc(C)c2)c2c(N)n(C)nc2n1. The number of hydrogen-bond acceptors (Lipinski definition) is 5. The topological polar surface area (TPSA) is 72.9 Å². The summed E-state index contributed by atoms with van der Waals surface area (Å²) in [5, 5.41) is 5.22. The van der Waals surface area contributed by atoms with Gasteiger partial charge in [-0.2, -0.15) is 10.1 Å². The molecule has 0 saturated carbocycles. The number of nitrogens with zero attached hydrogens (tertiary/aromatic N) is 5. The average Bonchev–Trinajstić information content (AvgIpc) is 2.80. The summed E-state index contributed by atoms with van der Waals surface area (Å²) in [6.45, 7) is 4.95. The van der Waals surface area contributed by atoms with Gasteiger partial charge in [-0.1, -0.05) is 23.8 Å². The van der Waals surface area contributed by atoms with Crippen molar-refractivity contribution in [2.75, 3.05) is 24.2 Å². The molecule has 1 aromatic carbocycles. The molecule has 3 rings (SSSR count). The Morgan fingerprint density at radius 1 is 1.27 bits per heavy atom. The fourth-order valence-electron chi connectivity index (χ4n) is 2.42. The number of benzene rings is 1. The van der Waals surface area contributed by atoms with Crippen molar-refractivity contribution in [3.63, 3.8) is 0 Å². The van der Waals surface area contributed by atoms with Crippen LogP contribution in [0.25, 0.3) is 22.3 Å². The average molecular weight is 296 g/mol. The van der Waals surface area contributed by atoms with E-state index in [9.17, 15) is 0 Å². The van der Waals surface area contributed by atoms with E-state index in [1.165, 1.54) is 5.56 Å². The zero-order chi connectivity index (χ0) is 15.9. The molecule has 6 nitrogen and oxygen atoms in total. The normalized spacial score (nSPS) is 11.1. The maximum Gasteiger partial charge on any atom is 0.227 e. The lowest BCUT2D eigenvalue weighted by molar-refractivity contribution is 0.786. The third-order valence-corrected chi connectivity index (χ3v) is 3.83. The Labute approximate surface area is 129 Å². The van der Waals surface area contributed by atoms with E-state index in [4.69, 9.17) is 10.7 Å². The minimum atomic E-state index is 0.581. The number of aromatic nitrogens is 4. The molecule has 0 saturated heterocycles. The van der Waals surface area contributed by atoms with Crippen molar-refractivity contribution in [2.24, 2.45) is 7.05 Å². The number of nitrogen functional groups attached to an aromatic ring is 1. The van der Waals surface area contributed by atoms with Gasteiger partial charge in [-0.25, -0.2) is 4.98 Å². The first-order valence-electron chi connectivity index (χ1n) is 7.29. The molecule has 3 aromatic rings. The fourth-order valence-corrected chi connectivity index (χ4v) is 2.42. The molecule has 6 heteroatoms. The van der Waals surface area contributed by atoms with Crippen LogP contribution in [0.5, 0.6) is 0 Å². The summed E-state index contributed by atoms with van der Waals surface area (Å²) in [6, 6.07) is 8.23. The molecule has 0 aliphatic carbocycles. The van der Waals surface area contributed by atoms with E-state index in [1.54, 1.807) is 4.68 Å². The van der Waals surface area contributed by atoms with Crippen LogP contribution >= 0.6 is 0 Å². The zero-order valence-corrected chi connectivity index (χ0v) is 13.3. The Morgan fingerprint density at radius 2 is 2.05 bits per heavy atom. The number of fused-ring (bicyclic) bond motifs is 1. The summed E-state index contributed by atoms with van der Waals surface area (Å²) in [7, 11) is 3.79. The lowest BCUT2D eigenvalue weighted by Gasteiger charge is -2.15. The van der Waals surface area contributed by atoms with Gasteiger partial charge in [0.25, 0.3) is 0 Å². The van der Waals surface area contributed by atoms with Crippen LogP contribution in [0, 0.1) is 6.92 Å². The lowest BCUT2D eigenvalue weighted by atomic mass is 10.1. The summed E-state index contributed by atoms with van der Waals surface area (Å²) in [5.41, 5.74) is 9.84. The third-order valence-electron chi connectivity index (χ3n) is 3.83. The van der Waals surface area contributed by atoms with Crippen molar-refractivity contribution in [1.82, 2.24) is 19.7 Å². The van der Waals surface area contributed by atoms with E-state index in [-0.39, 0.29) is 0 Å². The molecule has 2 aromatic heterocycles. The smallest absolute Gasteiger partial charge is 0.227 e. The molecule has 0 bridgehead atoms. The van der Waals surface area contributed by atoms with Gasteiger partial charge < -0.3 is 10.6 Å². The van der Waals surface area contributed by atoms with Gasteiger partial charge in [0.15, 0.2) is 5.65 Å². The molecule has 0 unspecified atom stereocenters. The Morgan fingerprint density at radius 3 is 2.73 bits per heavy atom. The quantitative estimate of drug-likeness (QED) is 0.803. The monoisotopic (exact) mass is 296 g/mol. The molecule has 0 amide bonds. The lowest BCUT2D eigenvalue weighted by Crippen LogP contribution is -2.19. The molecule has 114 valence electrons. The van der Waals surface area contributed by atoms with Crippen LogP contribution in [-0.4, -0.2) is 33.3 Å². The van der Waals surface area contributed by atoms with Crippen LogP contribution in [0.4, 0.5) is 11.8 Å². The summed E-state index contributed by atoms with van der Waals surface area (Å²) < 4.78 is 1.65. The second kappa shape index (κ2) is 5.29. The van der Waals surface area contributed by atoms with E-state index < -0.39 is 0 Å². The molecular weight excluding hydrogens is 276 g/mol.